The zero-order valence-electron chi connectivity index (χ0n) is 8.09. The van der Waals surface area contributed by atoms with Crippen LogP contribution in [0, 0.1) is 0 Å². The number of nitrogens with zero attached hydrogens (tertiary/aromatic N) is 1. The van der Waals surface area contributed by atoms with E-state index in [4.69, 9.17) is 0 Å². The van der Waals surface area contributed by atoms with Gasteiger partial charge in [0.05, 0.1) is 0 Å². The molecule has 13 heavy (non-hydrogen) atoms. The molecule has 1 atom stereocenters. The summed E-state index contributed by atoms with van der Waals surface area (Å²) in [6.07, 6.45) is 5.41. The van der Waals surface area contributed by atoms with Gasteiger partial charge in [-0.3, -0.25) is 4.79 Å². The maximum Gasteiger partial charge on any atom is 0.222 e. The van der Waals surface area contributed by atoms with Crippen molar-refractivity contribution in [2.45, 2.75) is 38.1 Å². The zero-order chi connectivity index (χ0) is 9.10. The van der Waals surface area contributed by atoms with E-state index >= 15 is 0 Å². The Bertz CT molecular complexity index is 185. The summed E-state index contributed by atoms with van der Waals surface area (Å²) in [5.41, 5.74) is 0. The van der Waals surface area contributed by atoms with Crippen molar-refractivity contribution >= 4 is 5.91 Å². The molecule has 0 aromatic rings. The largest absolute Gasteiger partial charge is 0.340 e. The molecule has 0 aromatic heterocycles. The number of rotatable bonds is 1. The molecule has 0 bridgehead atoms. The second kappa shape index (κ2) is 4.09. The Morgan fingerprint density at radius 3 is 2.92 bits per heavy atom. The Morgan fingerprint density at radius 2 is 2.15 bits per heavy atom. The van der Waals surface area contributed by atoms with E-state index in [1.807, 2.05) is 0 Å². The first-order valence-corrected chi connectivity index (χ1v) is 5.38. The lowest BCUT2D eigenvalue weighted by molar-refractivity contribution is -0.129. The fraction of sp³-hybridized carbons (Fsp3) is 0.900. The van der Waals surface area contributed by atoms with Crippen LogP contribution < -0.4 is 5.32 Å². The summed E-state index contributed by atoms with van der Waals surface area (Å²) in [6.45, 7) is 3.20. The van der Waals surface area contributed by atoms with Gasteiger partial charge in [-0.05, 0) is 38.8 Å². The van der Waals surface area contributed by atoms with Crippen molar-refractivity contribution in [1.29, 1.82) is 0 Å². The molecule has 0 radical (unpaired) electrons. The number of carbonyl (C=O) groups excluding carboxylic acids is 1. The highest BCUT2D eigenvalue weighted by Gasteiger charge is 2.27. The van der Waals surface area contributed by atoms with Gasteiger partial charge in [0.15, 0.2) is 0 Å². The van der Waals surface area contributed by atoms with Crippen LogP contribution in [0.2, 0.25) is 0 Å². The molecule has 0 aliphatic carbocycles. The quantitative estimate of drug-likeness (QED) is 0.649. The highest BCUT2D eigenvalue weighted by Crippen LogP contribution is 2.19. The van der Waals surface area contributed by atoms with Gasteiger partial charge < -0.3 is 10.2 Å². The summed E-state index contributed by atoms with van der Waals surface area (Å²) < 4.78 is 0. The van der Waals surface area contributed by atoms with Crippen LogP contribution in [0.4, 0.5) is 0 Å². The van der Waals surface area contributed by atoms with Crippen LogP contribution in [0.5, 0.6) is 0 Å². The fourth-order valence-corrected chi connectivity index (χ4v) is 2.37. The third kappa shape index (κ3) is 2.02. The number of hydrogen-bond donors (Lipinski definition) is 1. The number of nitrogens with one attached hydrogen (secondary N) is 1. The summed E-state index contributed by atoms with van der Waals surface area (Å²) in [6, 6.07) is 0.532. The second-order valence-electron chi connectivity index (χ2n) is 4.03. The fourth-order valence-electron chi connectivity index (χ4n) is 2.37. The van der Waals surface area contributed by atoms with Crippen molar-refractivity contribution in [2.24, 2.45) is 0 Å². The molecular weight excluding hydrogens is 164 g/mol. The van der Waals surface area contributed by atoms with E-state index in [0.717, 1.165) is 38.9 Å². The molecule has 0 unspecified atom stereocenters. The zero-order valence-corrected chi connectivity index (χ0v) is 8.09. The van der Waals surface area contributed by atoms with Crippen LogP contribution in [0.25, 0.3) is 0 Å². The van der Waals surface area contributed by atoms with Crippen molar-refractivity contribution < 1.29 is 4.79 Å². The van der Waals surface area contributed by atoms with Crippen LogP contribution in [-0.2, 0) is 4.79 Å². The van der Waals surface area contributed by atoms with Crippen molar-refractivity contribution in [2.75, 3.05) is 19.6 Å². The van der Waals surface area contributed by atoms with Crippen LogP contribution >= 0.6 is 0 Å². The Hall–Kier alpha value is -0.570. The number of hydrogen-bond acceptors (Lipinski definition) is 2. The van der Waals surface area contributed by atoms with Gasteiger partial charge in [0.2, 0.25) is 5.91 Å². The summed E-state index contributed by atoms with van der Waals surface area (Å²) in [7, 11) is 0. The van der Waals surface area contributed by atoms with Crippen molar-refractivity contribution in [3.05, 3.63) is 0 Å². The molecule has 74 valence electrons. The van der Waals surface area contributed by atoms with Gasteiger partial charge in [0.1, 0.15) is 0 Å². The standard InChI is InChI=1S/C10H18N2O/c13-10-4-2-8-12(10)9-3-1-6-11-7-5-9/h9,11H,1-8H2/t9-/m0/s1. The summed E-state index contributed by atoms with van der Waals surface area (Å²) in [5.74, 6) is 0.381. The molecule has 0 saturated carbocycles. The first-order valence-electron chi connectivity index (χ1n) is 5.38. The summed E-state index contributed by atoms with van der Waals surface area (Å²) in [4.78, 5) is 13.6. The maximum atomic E-state index is 11.5. The molecule has 2 rings (SSSR count). The Morgan fingerprint density at radius 1 is 1.23 bits per heavy atom. The van der Waals surface area contributed by atoms with Gasteiger partial charge in [0, 0.05) is 19.0 Å². The van der Waals surface area contributed by atoms with E-state index in [0.29, 0.717) is 11.9 Å². The van der Waals surface area contributed by atoms with Crippen LogP contribution in [0.15, 0.2) is 0 Å². The minimum absolute atomic E-state index is 0.381. The lowest BCUT2D eigenvalue weighted by Crippen LogP contribution is -2.36. The molecule has 0 spiro atoms. The minimum Gasteiger partial charge on any atom is -0.340 e. The molecule has 2 saturated heterocycles. The Balaban J connectivity index is 1.93. The minimum atomic E-state index is 0.381. The molecule has 1 amide bonds. The van der Waals surface area contributed by atoms with Crippen molar-refractivity contribution in [3.8, 4) is 0 Å². The number of likely N-dealkylation sites (tertiary alicyclic amines) is 1. The molecule has 0 aromatic carbocycles. The van der Waals surface area contributed by atoms with Gasteiger partial charge in [0.25, 0.3) is 0 Å². The average molecular weight is 182 g/mol. The second-order valence-corrected chi connectivity index (χ2v) is 4.03. The summed E-state index contributed by atoms with van der Waals surface area (Å²) in [5, 5.41) is 3.38. The molecule has 3 nitrogen and oxygen atoms in total. The van der Waals surface area contributed by atoms with Crippen LogP contribution in [0.3, 0.4) is 0 Å². The van der Waals surface area contributed by atoms with Gasteiger partial charge >= 0.3 is 0 Å². The molecule has 1 N–H and O–H groups in total. The smallest absolute Gasteiger partial charge is 0.222 e. The molecular formula is C10H18N2O. The van der Waals surface area contributed by atoms with E-state index < -0.39 is 0 Å². The topological polar surface area (TPSA) is 32.3 Å². The van der Waals surface area contributed by atoms with E-state index in [2.05, 4.69) is 10.2 Å². The first kappa shape index (κ1) is 9.00. The van der Waals surface area contributed by atoms with Crippen molar-refractivity contribution in [1.82, 2.24) is 10.2 Å². The third-order valence-electron chi connectivity index (χ3n) is 3.10. The molecule has 2 heterocycles. The third-order valence-corrected chi connectivity index (χ3v) is 3.10. The lowest BCUT2D eigenvalue weighted by atomic mass is 10.1. The molecule has 2 fully saturated rings. The van der Waals surface area contributed by atoms with Gasteiger partial charge in [-0.25, -0.2) is 0 Å². The van der Waals surface area contributed by atoms with Gasteiger partial charge in [-0.1, -0.05) is 0 Å². The molecule has 2 aliphatic heterocycles. The summed E-state index contributed by atoms with van der Waals surface area (Å²) >= 11 is 0. The lowest BCUT2D eigenvalue weighted by Gasteiger charge is -2.26. The number of amides is 1. The van der Waals surface area contributed by atoms with Crippen molar-refractivity contribution in [3.63, 3.8) is 0 Å². The van der Waals surface area contributed by atoms with Crippen LogP contribution in [-0.4, -0.2) is 36.5 Å². The van der Waals surface area contributed by atoms with Gasteiger partial charge in [-0.2, -0.15) is 0 Å². The highest BCUT2D eigenvalue weighted by atomic mass is 16.2. The van der Waals surface area contributed by atoms with E-state index in [1.165, 1.54) is 12.8 Å². The molecule has 2 aliphatic rings. The van der Waals surface area contributed by atoms with Crippen LogP contribution in [0.1, 0.15) is 32.1 Å². The maximum absolute atomic E-state index is 11.5. The van der Waals surface area contributed by atoms with Gasteiger partial charge in [-0.15, -0.1) is 0 Å². The highest BCUT2D eigenvalue weighted by molar-refractivity contribution is 5.78. The normalized spacial score (nSPS) is 30.6. The number of carbonyl (C=O) groups is 1. The predicted molar refractivity (Wildman–Crippen MR) is 51.5 cm³/mol. The van der Waals surface area contributed by atoms with E-state index in [9.17, 15) is 4.79 Å². The first-order chi connectivity index (χ1) is 6.38. The average Bonchev–Trinajstić information content (AvgIpc) is 2.43. The Labute approximate surface area is 79.5 Å². The SMILES string of the molecule is O=C1CCCN1[C@H]1CCCNCC1. The predicted octanol–water partition coefficient (Wildman–Crippen LogP) is 0.751. The monoisotopic (exact) mass is 182 g/mol. The van der Waals surface area contributed by atoms with E-state index in [-0.39, 0.29) is 0 Å². The molecule has 3 heteroatoms. The Kier molecular flexibility index (Phi) is 2.83. The van der Waals surface area contributed by atoms with E-state index in [1.54, 1.807) is 0 Å².